The molecule has 0 aliphatic heterocycles. The molecule has 0 aliphatic carbocycles. The van der Waals surface area contributed by atoms with E-state index in [0.29, 0.717) is 17.4 Å². The molecule has 0 aromatic carbocycles. The van der Waals surface area contributed by atoms with Crippen molar-refractivity contribution >= 4 is 13.7 Å². The fourth-order valence-electron chi connectivity index (χ4n) is 4.73. The Morgan fingerprint density at radius 2 is 1.27 bits per heavy atom. The number of allylic oxidation sites excluding steroid dienone is 9. The maximum atomic E-state index is 12.7. The molecule has 0 saturated heterocycles. The van der Waals surface area contributed by atoms with Crippen molar-refractivity contribution in [3.8, 4) is 0 Å². The zero-order chi connectivity index (χ0) is 35.8. The average molecular weight is 695 g/mol. The molecule has 0 aromatic heterocycles. The molecule has 2 N–H and O–H groups in total. The highest BCUT2D eigenvalue weighted by Crippen LogP contribution is 2.38. The van der Waals surface area contributed by atoms with Gasteiger partial charge >= 0.3 is 0 Å². The second-order valence-electron chi connectivity index (χ2n) is 13.5. The van der Waals surface area contributed by atoms with Gasteiger partial charge in [-0.3, -0.25) is 9.36 Å². The second kappa shape index (κ2) is 31.2. The summed E-state index contributed by atoms with van der Waals surface area (Å²) in [6, 6.07) is -0.907. The molecule has 3 unspecified atom stereocenters. The van der Waals surface area contributed by atoms with Crippen LogP contribution in [0.1, 0.15) is 129 Å². The minimum Gasteiger partial charge on any atom is -0.756 e. The number of hydrogen-bond donors (Lipinski definition) is 2. The summed E-state index contributed by atoms with van der Waals surface area (Å²) >= 11 is 0. The van der Waals surface area contributed by atoms with Crippen molar-refractivity contribution in [1.29, 1.82) is 0 Å². The SMILES string of the molecule is CC/C=C\C/C=C\C/C=C\C/C=C\CCCCC(=O)NC(COP(=O)([O-])OCC[N+](C)(C)C)C(O)/C=C/CCCCCCCCCCC. The number of amides is 1. The van der Waals surface area contributed by atoms with Gasteiger partial charge in [-0.25, -0.2) is 0 Å². The summed E-state index contributed by atoms with van der Waals surface area (Å²) < 4.78 is 23.0. The summed E-state index contributed by atoms with van der Waals surface area (Å²) in [5.41, 5.74) is 0. The van der Waals surface area contributed by atoms with Crippen molar-refractivity contribution in [1.82, 2.24) is 5.32 Å². The molecule has 1 amide bonds. The van der Waals surface area contributed by atoms with Gasteiger partial charge in [-0.15, -0.1) is 0 Å². The highest BCUT2D eigenvalue weighted by Gasteiger charge is 2.23. The van der Waals surface area contributed by atoms with Crippen LogP contribution in [0.25, 0.3) is 0 Å². The first-order chi connectivity index (χ1) is 23.0. The predicted molar refractivity (Wildman–Crippen MR) is 201 cm³/mol. The Morgan fingerprint density at radius 1 is 0.750 bits per heavy atom. The molecule has 0 bridgehead atoms. The Hall–Kier alpha value is -1.80. The number of nitrogens with one attached hydrogen (secondary N) is 1. The number of hydrogen-bond acceptors (Lipinski definition) is 6. The molecule has 0 aliphatic rings. The molecule has 3 atom stereocenters. The molecule has 278 valence electrons. The van der Waals surface area contributed by atoms with Gasteiger partial charge in [-0.2, -0.15) is 0 Å². The molecule has 0 saturated carbocycles. The number of phosphoric acid groups is 1. The second-order valence-corrected chi connectivity index (χ2v) is 15.0. The molecule has 0 aromatic rings. The Bertz CT molecular complexity index is 970. The van der Waals surface area contributed by atoms with Crippen LogP contribution >= 0.6 is 7.82 Å². The Labute approximate surface area is 294 Å². The molecule has 48 heavy (non-hydrogen) atoms. The van der Waals surface area contributed by atoms with E-state index < -0.39 is 26.6 Å². The van der Waals surface area contributed by atoms with E-state index in [1.807, 2.05) is 27.2 Å². The first-order valence-corrected chi connectivity index (χ1v) is 20.1. The van der Waals surface area contributed by atoms with E-state index in [9.17, 15) is 19.4 Å². The summed E-state index contributed by atoms with van der Waals surface area (Å²) in [7, 11) is 1.22. The summed E-state index contributed by atoms with van der Waals surface area (Å²) in [5, 5.41) is 13.6. The number of likely N-dealkylation sites (N-methyl/N-ethyl adjacent to an activating group) is 1. The van der Waals surface area contributed by atoms with E-state index in [2.05, 4.69) is 67.8 Å². The van der Waals surface area contributed by atoms with Crippen LogP contribution in [0.4, 0.5) is 0 Å². The van der Waals surface area contributed by atoms with Crippen LogP contribution in [-0.4, -0.2) is 68.5 Å². The normalized spacial score (nSPS) is 15.4. The van der Waals surface area contributed by atoms with Crippen molar-refractivity contribution in [3.05, 3.63) is 60.8 Å². The summed E-state index contributed by atoms with van der Waals surface area (Å²) in [6.07, 6.45) is 38.4. The lowest BCUT2D eigenvalue weighted by Crippen LogP contribution is -2.45. The maximum absolute atomic E-state index is 12.7. The molecule has 8 nitrogen and oxygen atoms in total. The number of aliphatic hydroxyl groups excluding tert-OH is 1. The van der Waals surface area contributed by atoms with Gasteiger partial charge in [0.25, 0.3) is 7.82 Å². The molecular formula is C39H71N2O6P. The highest BCUT2D eigenvalue weighted by atomic mass is 31.2. The number of nitrogens with zero attached hydrogens (tertiary/aromatic N) is 1. The first-order valence-electron chi connectivity index (χ1n) is 18.7. The smallest absolute Gasteiger partial charge is 0.268 e. The largest absolute Gasteiger partial charge is 0.756 e. The van der Waals surface area contributed by atoms with Crippen LogP contribution in [0.5, 0.6) is 0 Å². The van der Waals surface area contributed by atoms with Gasteiger partial charge in [0.15, 0.2) is 0 Å². The maximum Gasteiger partial charge on any atom is 0.268 e. The van der Waals surface area contributed by atoms with Crippen molar-refractivity contribution in [3.63, 3.8) is 0 Å². The Kier molecular flexibility index (Phi) is 30.0. The molecule has 0 radical (unpaired) electrons. The third-order valence-corrected chi connectivity index (χ3v) is 8.70. The number of aliphatic hydroxyl groups is 1. The van der Waals surface area contributed by atoms with Crippen molar-refractivity contribution in [2.75, 3.05) is 40.9 Å². The summed E-state index contributed by atoms with van der Waals surface area (Å²) in [6.45, 7) is 4.44. The van der Waals surface area contributed by atoms with Gasteiger partial charge in [0.1, 0.15) is 13.2 Å². The predicted octanol–water partition coefficient (Wildman–Crippen LogP) is 8.88. The molecule has 0 spiro atoms. The van der Waals surface area contributed by atoms with E-state index in [1.54, 1.807) is 6.08 Å². The van der Waals surface area contributed by atoms with Gasteiger partial charge in [0.05, 0.1) is 39.9 Å². The third-order valence-electron chi connectivity index (χ3n) is 7.73. The Balaban J connectivity index is 4.65. The average Bonchev–Trinajstić information content (AvgIpc) is 3.02. The van der Waals surface area contributed by atoms with Crippen LogP contribution in [-0.2, 0) is 18.4 Å². The van der Waals surface area contributed by atoms with Crippen LogP contribution in [0, 0.1) is 0 Å². The van der Waals surface area contributed by atoms with Gasteiger partial charge in [-0.05, 0) is 57.8 Å². The zero-order valence-electron chi connectivity index (χ0n) is 31.2. The van der Waals surface area contributed by atoms with Crippen LogP contribution < -0.4 is 10.2 Å². The lowest BCUT2D eigenvalue weighted by Gasteiger charge is -2.29. The molecule has 0 fully saturated rings. The number of quaternary nitrogens is 1. The van der Waals surface area contributed by atoms with Gasteiger partial charge < -0.3 is 28.8 Å². The summed E-state index contributed by atoms with van der Waals surface area (Å²) in [5.74, 6) is -0.244. The fourth-order valence-corrected chi connectivity index (χ4v) is 5.45. The quantitative estimate of drug-likeness (QED) is 0.0315. The molecular weight excluding hydrogens is 623 g/mol. The van der Waals surface area contributed by atoms with Crippen LogP contribution in [0.2, 0.25) is 0 Å². The van der Waals surface area contributed by atoms with E-state index in [1.165, 1.54) is 44.9 Å². The topological polar surface area (TPSA) is 108 Å². The number of carbonyl (C=O) groups is 1. The third kappa shape index (κ3) is 32.7. The number of carbonyl (C=O) groups excluding carboxylic acids is 1. The van der Waals surface area contributed by atoms with Crippen molar-refractivity contribution in [2.24, 2.45) is 0 Å². The van der Waals surface area contributed by atoms with Gasteiger partial charge in [-0.1, -0.05) is 126 Å². The fraction of sp³-hybridized carbons (Fsp3) is 0.718. The number of phosphoric ester groups is 1. The standard InChI is InChI=1S/C39H71N2O6P/c1-6-8-10-12-14-16-18-19-20-21-23-25-27-29-31-33-39(43)40-37(36-47-48(44,45)46-35-34-41(3,4)5)38(42)32-30-28-26-24-22-17-15-13-11-9-7-2/h8,10,14,16,19-20,23,25,30,32,37-38,42H,6-7,9,11-13,15,17-18,21-22,24,26-29,31,33-36H2,1-5H3,(H-,40,43,44,45)/b10-8-,16-14-,20-19-,25-23-,32-30+. The lowest BCUT2D eigenvalue weighted by molar-refractivity contribution is -0.870. The molecule has 0 heterocycles. The monoisotopic (exact) mass is 695 g/mol. The van der Waals surface area contributed by atoms with Gasteiger partial charge in [0.2, 0.25) is 5.91 Å². The first kappa shape index (κ1) is 46.2. The highest BCUT2D eigenvalue weighted by molar-refractivity contribution is 7.45. The lowest BCUT2D eigenvalue weighted by atomic mass is 10.1. The van der Waals surface area contributed by atoms with Crippen molar-refractivity contribution < 1.29 is 32.9 Å². The molecule has 9 heteroatoms. The minimum absolute atomic E-state index is 0.0121. The van der Waals surface area contributed by atoms with Crippen LogP contribution in [0.15, 0.2) is 60.8 Å². The van der Waals surface area contributed by atoms with E-state index in [4.69, 9.17) is 9.05 Å². The van der Waals surface area contributed by atoms with Crippen molar-refractivity contribution in [2.45, 2.75) is 142 Å². The van der Waals surface area contributed by atoms with Gasteiger partial charge in [0, 0.05) is 6.42 Å². The molecule has 0 rings (SSSR count). The summed E-state index contributed by atoms with van der Waals surface area (Å²) in [4.78, 5) is 25.1. The zero-order valence-corrected chi connectivity index (χ0v) is 32.1. The minimum atomic E-state index is -4.59. The Morgan fingerprint density at radius 3 is 1.85 bits per heavy atom. The van der Waals surface area contributed by atoms with Crippen LogP contribution in [0.3, 0.4) is 0 Å². The van der Waals surface area contributed by atoms with E-state index in [-0.39, 0.29) is 18.9 Å². The number of rotatable bonds is 32. The van der Waals surface area contributed by atoms with E-state index >= 15 is 0 Å². The van der Waals surface area contributed by atoms with E-state index in [0.717, 1.165) is 57.8 Å². The number of unbranched alkanes of at least 4 members (excludes halogenated alkanes) is 11.